The maximum Gasteiger partial charge on any atom is 0.234 e. The summed E-state index contributed by atoms with van der Waals surface area (Å²) >= 11 is 1.38. The Balaban J connectivity index is 1.67. The number of hydrogen-bond acceptors (Lipinski definition) is 5. The van der Waals surface area contributed by atoms with Gasteiger partial charge in [0.25, 0.3) is 0 Å². The second-order valence-electron chi connectivity index (χ2n) is 7.21. The molecule has 3 rings (SSSR count). The highest BCUT2D eigenvalue weighted by Crippen LogP contribution is 2.27. The summed E-state index contributed by atoms with van der Waals surface area (Å²) in [6.45, 7) is 10.7. The number of thioether (sulfide) groups is 1. The zero-order valence-corrected chi connectivity index (χ0v) is 18.9. The molecule has 0 fully saturated rings. The normalized spacial score (nSPS) is 11.9. The Morgan fingerprint density at radius 3 is 2.40 bits per heavy atom. The Labute approximate surface area is 182 Å². The molecule has 0 aliphatic carbocycles. The fourth-order valence-corrected chi connectivity index (χ4v) is 4.06. The van der Waals surface area contributed by atoms with Crippen molar-refractivity contribution in [3.05, 3.63) is 65.0 Å². The van der Waals surface area contributed by atoms with Crippen molar-refractivity contribution in [3.63, 3.8) is 0 Å². The monoisotopic (exact) mass is 424 g/mol. The molecule has 1 aromatic heterocycles. The number of para-hydroxylation sites is 2. The molecule has 1 amide bonds. The van der Waals surface area contributed by atoms with E-state index in [2.05, 4.69) is 15.5 Å². The quantitative estimate of drug-likeness (QED) is 0.510. The number of ether oxygens (including phenoxy) is 1. The predicted molar refractivity (Wildman–Crippen MR) is 121 cm³/mol. The van der Waals surface area contributed by atoms with Gasteiger partial charge in [0.2, 0.25) is 5.91 Å². The lowest BCUT2D eigenvalue weighted by Crippen LogP contribution is -2.16. The van der Waals surface area contributed by atoms with Gasteiger partial charge in [-0.1, -0.05) is 48.2 Å². The third-order valence-corrected chi connectivity index (χ3v) is 5.87. The van der Waals surface area contributed by atoms with Gasteiger partial charge in [-0.05, 0) is 57.4 Å². The molecule has 7 heteroatoms. The standard InChI is InChI=1S/C23H28N4O2S/c1-6-27-22(18(5)29-19-13-8-7-10-15(19)2)25-26-23(27)30-14-20(28)24-21-16(3)11-9-12-17(21)4/h7-13,18H,6,14H2,1-5H3,(H,24,28). The topological polar surface area (TPSA) is 69.0 Å². The molecule has 0 radical (unpaired) electrons. The van der Waals surface area contributed by atoms with Gasteiger partial charge in [-0.3, -0.25) is 4.79 Å². The van der Waals surface area contributed by atoms with Gasteiger partial charge in [-0.15, -0.1) is 10.2 Å². The average Bonchev–Trinajstić information content (AvgIpc) is 3.14. The van der Waals surface area contributed by atoms with E-state index < -0.39 is 0 Å². The maximum atomic E-state index is 12.5. The van der Waals surface area contributed by atoms with Gasteiger partial charge in [-0.25, -0.2) is 0 Å². The highest BCUT2D eigenvalue weighted by Gasteiger charge is 2.20. The lowest BCUT2D eigenvalue weighted by molar-refractivity contribution is -0.113. The molecule has 1 heterocycles. The van der Waals surface area contributed by atoms with E-state index in [0.29, 0.717) is 11.7 Å². The highest BCUT2D eigenvalue weighted by molar-refractivity contribution is 7.99. The molecule has 0 saturated heterocycles. The number of carbonyl (C=O) groups excluding carboxylic acids is 1. The number of amides is 1. The molecule has 3 aromatic rings. The molecule has 158 valence electrons. The number of rotatable bonds is 8. The van der Waals surface area contributed by atoms with Crippen molar-refractivity contribution >= 4 is 23.4 Å². The summed E-state index contributed by atoms with van der Waals surface area (Å²) < 4.78 is 8.11. The number of nitrogens with one attached hydrogen (secondary N) is 1. The summed E-state index contributed by atoms with van der Waals surface area (Å²) in [6, 6.07) is 13.9. The van der Waals surface area contributed by atoms with E-state index in [1.54, 1.807) is 0 Å². The summed E-state index contributed by atoms with van der Waals surface area (Å²) in [7, 11) is 0. The lowest BCUT2D eigenvalue weighted by Gasteiger charge is -2.17. The molecule has 1 N–H and O–H groups in total. The van der Waals surface area contributed by atoms with Gasteiger partial charge >= 0.3 is 0 Å². The lowest BCUT2D eigenvalue weighted by atomic mass is 10.1. The zero-order chi connectivity index (χ0) is 21.7. The smallest absolute Gasteiger partial charge is 0.234 e. The molecule has 1 unspecified atom stereocenters. The van der Waals surface area contributed by atoms with Crippen molar-refractivity contribution in [1.29, 1.82) is 0 Å². The van der Waals surface area contributed by atoms with Crippen LogP contribution in [-0.2, 0) is 11.3 Å². The first-order valence-electron chi connectivity index (χ1n) is 10.0. The summed E-state index contributed by atoms with van der Waals surface area (Å²) in [6.07, 6.45) is -0.253. The van der Waals surface area contributed by atoms with Crippen molar-refractivity contribution in [3.8, 4) is 5.75 Å². The zero-order valence-electron chi connectivity index (χ0n) is 18.1. The summed E-state index contributed by atoms with van der Waals surface area (Å²) in [5, 5.41) is 12.4. The van der Waals surface area contributed by atoms with Gasteiger partial charge in [0.15, 0.2) is 17.1 Å². The van der Waals surface area contributed by atoms with Crippen LogP contribution in [0.1, 0.15) is 42.5 Å². The number of benzene rings is 2. The molecule has 0 aliphatic rings. The van der Waals surface area contributed by atoms with Crippen LogP contribution in [0.25, 0.3) is 0 Å². The predicted octanol–water partition coefficient (Wildman–Crippen LogP) is 5.09. The van der Waals surface area contributed by atoms with Crippen molar-refractivity contribution in [2.45, 2.75) is 52.4 Å². The molecular formula is C23H28N4O2S. The molecule has 2 aromatic carbocycles. The van der Waals surface area contributed by atoms with E-state index in [9.17, 15) is 4.79 Å². The molecule has 30 heavy (non-hydrogen) atoms. The number of hydrogen-bond donors (Lipinski definition) is 1. The first-order chi connectivity index (χ1) is 14.4. The minimum Gasteiger partial charge on any atom is -0.482 e. The van der Waals surface area contributed by atoms with E-state index in [1.165, 1.54) is 11.8 Å². The minimum atomic E-state index is -0.253. The summed E-state index contributed by atoms with van der Waals surface area (Å²) in [5.74, 6) is 1.78. The molecule has 0 aliphatic heterocycles. The summed E-state index contributed by atoms with van der Waals surface area (Å²) in [4.78, 5) is 12.5. The SMILES string of the molecule is CCn1c(SCC(=O)Nc2c(C)cccc2C)nnc1C(C)Oc1ccccc1C. The number of anilines is 1. The fourth-order valence-electron chi connectivity index (χ4n) is 3.25. The first kappa shape index (κ1) is 21.9. The van der Waals surface area contributed by atoms with Crippen LogP contribution < -0.4 is 10.1 Å². The van der Waals surface area contributed by atoms with E-state index >= 15 is 0 Å². The van der Waals surface area contributed by atoms with E-state index in [1.807, 2.05) is 81.7 Å². The van der Waals surface area contributed by atoms with Gasteiger partial charge < -0.3 is 14.6 Å². The largest absolute Gasteiger partial charge is 0.482 e. The molecular weight excluding hydrogens is 396 g/mol. The Hall–Kier alpha value is -2.80. The van der Waals surface area contributed by atoms with Gasteiger partial charge in [-0.2, -0.15) is 0 Å². The van der Waals surface area contributed by atoms with Gasteiger partial charge in [0, 0.05) is 12.2 Å². The van der Waals surface area contributed by atoms with Crippen molar-refractivity contribution < 1.29 is 9.53 Å². The fraction of sp³-hybridized carbons (Fsp3) is 0.348. The Morgan fingerprint density at radius 2 is 1.73 bits per heavy atom. The first-order valence-corrected chi connectivity index (χ1v) is 11.0. The van der Waals surface area contributed by atoms with Crippen LogP contribution in [0.4, 0.5) is 5.69 Å². The minimum absolute atomic E-state index is 0.0613. The van der Waals surface area contributed by atoms with Crippen LogP contribution in [0.15, 0.2) is 47.6 Å². The second-order valence-corrected chi connectivity index (χ2v) is 8.16. The van der Waals surface area contributed by atoms with Gasteiger partial charge in [0.05, 0.1) is 5.75 Å². The van der Waals surface area contributed by atoms with E-state index in [0.717, 1.165) is 34.0 Å². The summed E-state index contributed by atoms with van der Waals surface area (Å²) in [5.41, 5.74) is 4.05. The van der Waals surface area contributed by atoms with Crippen molar-refractivity contribution in [1.82, 2.24) is 14.8 Å². The second kappa shape index (κ2) is 9.80. The van der Waals surface area contributed by atoms with E-state index in [4.69, 9.17) is 4.74 Å². The molecule has 6 nitrogen and oxygen atoms in total. The Kier molecular flexibility index (Phi) is 7.15. The third-order valence-electron chi connectivity index (χ3n) is 4.90. The van der Waals surface area contributed by atoms with Crippen LogP contribution in [0.3, 0.4) is 0 Å². The third kappa shape index (κ3) is 5.02. The van der Waals surface area contributed by atoms with Crippen LogP contribution in [0, 0.1) is 20.8 Å². The van der Waals surface area contributed by atoms with Crippen molar-refractivity contribution in [2.24, 2.45) is 0 Å². The van der Waals surface area contributed by atoms with Gasteiger partial charge in [0.1, 0.15) is 5.75 Å². The Morgan fingerprint density at radius 1 is 1.07 bits per heavy atom. The maximum absolute atomic E-state index is 12.5. The molecule has 0 bridgehead atoms. The average molecular weight is 425 g/mol. The number of carbonyl (C=O) groups is 1. The molecule has 1 atom stereocenters. The number of nitrogens with zero attached hydrogens (tertiary/aromatic N) is 3. The number of aryl methyl sites for hydroxylation is 3. The van der Waals surface area contributed by atoms with Crippen LogP contribution in [0.5, 0.6) is 5.75 Å². The van der Waals surface area contributed by atoms with E-state index in [-0.39, 0.29) is 17.8 Å². The van der Waals surface area contributed by atoms with Crippen LogP contribution in [-0.4, -0.2) is 26.4 Å². The van der Waals surface area contributed by atoms with Crippen LogP contribution in [0.2, 0.25) is 0 Å². The van der Waals surface area contributed by atoms with Crippen LogP contribution >= 0.6 is 11.8 Å². The number of aromatic nitrogens is 3. The Bertz CT molecular complexity index is 1010. The van der Waals surface area contributed by atoms with Crippen molar-refractivity contribution in [2.75, 3.05) is 11.1 Å². The highest BCUT2D eigenvalue weighted by atomic mass is 32.2. The molecule has 0 spiro atoms. The molecule has 0 saturated carbocycles.